The lowest BCUT2D eigenvalue weighted by molar-refractivity contribution is -0.0552. The zero-order chi connectivity index (χ0) is 27.8. The van der Waals surface area contributed by atoms with E-state index in [0.29, 0.717) is 17.5 Å². The molecule has 202 valence electrons. The fourth-order valence-electron chi connectivity index (χ4n) is 5.24. The maximum absolute atomic E-state index is 13.1. The molecule has 3 atom stereocenters. The molecule has 1 aromatic heterocycles. The van der Waals surface area contributed by atoms with E-state index in [1.165, 1.54) is 0 Å². The molecule has 0 aliphatic carbocycles. The SMILES string of the molecule is Cc1ccc(C(=O)OC[C@H]2O[C@@H](n3c4ccccc4c4cc(I)ccc43)C[C@@H]2OC(=O)c2ccc(C)cc2)cc1. The van der Waals surface area contributed by atoms with Crippen molar-refractivity contribution in [1.29, 1.82) is 0 Å². The van der Waals surface area contributed by atoms with Crippen LogP contribution in [0, 0.1) is 17.4 Å². The molecule has 0 N–H and O–H groups in total. The Kier molecular flexibility index (Phi) is 7.33. The number of carbonyl (C=O) groups excluding carboxylic acids is 2. The molecule has 0 bridgehead atoms. The van der Waals surface area contributed by atoms with Crippen LogP contribution in [0.3, 0.4) is 0 Å². The maximum Gasteiger partial charge on any atom is 0.338 e. The fourth-order valence-corrected chi connectivity index (χ4v) is 5.74. The third-order valence-corrected chi connectivity index (χ3v) is 8.02. The standard InChI is InChI=1S/C33H28INO5/c1-20-7-11-22(12-8-20)32(36)38-19-30-29(40-33(37)23-13-9-21(2)10-14-23)18-31(39-30)35-27-6-4-3-5-25(27)26-17-24(34)15-16-28(26)35/h3-17,29-31H,18-19H2,1-2H3/t29-,30+,31+/m0/s1. The molecular formula is C33H28INO5. The highest BCUT2D eigenvalue weighted by molar-refractivity contribution is 14.1. The number of aryl methyl sites for hydroxylation is 2. The lowest BCUT2D eigenvalue weighted by Crippen LogP contribution is -2.32. The molecule has 6 nitrogen and oxygen atoms in total. The summed E-state index contributed by atoms with van der Waals surface area (Å²) in [6, 6.07) is 29.0. The Hall–Kier alpha value is -3.69. The van der Waals surface area contributed by atoms with Gasteiger partial charge < -0.3 is 18.8 Å². The summed E-state index contributed by atoms with van der Waals surface area (Å²) in [5, 5.41) is 2.26. The maximum atomic E-state index is 13.1. The molecule has 2 heterocycles. The first-order chi connectivity index (χ1) is 19.4. The summed E-state index contributed by atoms with van der Waals surface area (Å²) in [4.78, 5) is 25.9. The monoisotopic (exact) mass is 645 g/mol. The van der Waals surface area contributed by atoms with Crippen LogP contribution in [0.4, 0.5) is 0 Å². The van der Waals surface area contributed by atoms with Crippen molar-refractivity contribution in [3.05, 3.63) is 117 Å². The quantitative estimate of drug-likeness (QED) is 0.142. The molecule has 0 unspecified atom stereocenters. The minimum Gasteiger partial charge on any atom is -0.459 e. The Morgan fingerprint density at radius 2 is 1.45 bits per heavy atom. The van der Waals surface area contributed by atoms with E-state index in [-0.39, 0.29) is 6.61 Å². The number of nitrogens with zero attached hydrogens (tertiary/aromatic N) is 1. The van der Waals surface area contributed by atoms with Gasteiger partial charge >= 0.3 is 11.9 Å². The number of hydrogen-bond donors (Lipinski definition) is 0. The van der Waals surface area contributed by atoms with Gasteiger partial charge in [-0.1, -0.05) is 53.6 Å². The molecule has 7 heteroatoms. The van der Waals surface area contributed by atoms with Crippen molar-refractivity contribution in [2.75, 3.05) is 6.61 Å². The van der Waals surface area contributed by atoms with E-state index in [9.17, 15) is 9.59 Å². The molecule has 0 amide bonds. The topological polar surface area (TPSA) is 66.8 Å². The molecule has 0 radical (unpaired) electrons. The van der Waals surface area contributed by atoms with E-state index in [1.807, 2.05) is 50.2 Å². The number of ether oxygens (including phenoxy) is 3. The highest BCUT2D eigenvalue weighted by Gasteiger charge is 2.41. The van der Waals surface area contributed by atoms with E-state index in [0.717, 1.165) is 36.5 Å². The van der Waals surface area contributed by atoms with Crippen LogP contribution in [0.25, 0.3) is 21.8 Å². The number of hydrogen-bond acceptors (Lipinski definition) is 5. The molecule has 1 fully saturated rings. The lowest BCUT2D eigenvalue weighted by atomic mass is 10.1. The van der Waals surface area contributed by atoms with Crippen molar-refractivity contribution in [3.8, 4) is 0 Å². The molecular weight excluding hydrogens is 617 g/mol. The number of rotatable bonds is 6. The van der Waals surface area contributed by atoms with Crippen molar-refractivity contribution in [3.63, 3.8) is 0 Å². The Morgan fingerprint density at radius 3 is 2.15 bits per heavy atom. The van der Waals surface area contributed by atoms with Crippen LogP contribution in [0.15, 0.2) is 91.0 Å². The van der Waals surface area contributed by atoms with Crippen molar-refractivity contribution in [2.24, 2.45) is 0 Å². The van der Waals surface area contributed by atoms with Crippen LogP contribution in [0.5, 0.6) is 0 Å². The molecule has 0 spiro atoms. The summed E-state index contributed by atoms with van der Waals surface area (Å²) in [5.41, 5.74) is 5.12. The van der Waals surface area contributed by atoms with Crippen LogP contribution in [0.1, 0.15) is 44.5 Å². The van der Waals surface area contributed by atoms with E-state index >= 15 is 0 Å². The molecule has 6 rings (SSSR count). The largest absolute Gasteiger partial charge is 0.459 e. The number of carbonyl (C=O) groups is 2. The summed E-state index contributed by atoms with van der Waals surface area (Å²) >= 11 is 2.32. The zero-order valence-electron chi connectivity index (χ0n) is 22.2. The van der Waals surface area contributed by atoms with Gasteiger partial charge in [0.15, 0.2) is 0 Å². The smallest absolute Gasteiger partial charge is 0.338 e. The van der Waals surface area contributed by atoms with E-state index < -0.39 is 30.4 Å². The second kappa shape index (κ2) is 11.1. The number of aromatic nitrogens is 1. The summed E-state index contributed by atoms with van der Waals surface area (Å²) in [5.74, 6) is -0.872. The van der Waals surface area contributed by atoms with Gasteiger partial charge in [-0.15, -0.1) is 0 Å². The molecule has 0 saturated carbocycles. The van der Waals surface area contributed by atoms with Crippen LogP contribution in [-0.4, -0.2) is 35.3 Å². The number of para-hydroxylation sites is 1. The third kappa shape index (κ3) is 5.23. The second-order valence-electron chi connectivity index (χ2n) is 10.2. The van der Waals surface area contributed by atoms with Gasteiger partial charge in [0.25, 0.3) is 0 Å². The molecule has 40 heavy (non-hydrogen) atoms. The van der Waals surface area contributed by atoms with Crippen LogP contribution < -0.4 is 0 Å². The van der Waals surface area contributed by atoms with Gasteiger partial charge in [-0.05, 0) is 85.0 Å². The van der Waals surface area contributed by atoms with Crippen LogP contribution >= 0.6 is 22.6 Å². The zero-order valence-corrected chi connectivity index (χ0v) is 24.3. The van der Waals surface area contributed by atoms with E-state index in [1.54, 1.807) is 24.3 Å². The lowest BCUT2D eigenvalue weighted by Gasteiger charge is -2.19. The summed E-state index contributed by atoms with van der Waals surface area (Å²) in [6.07, 6.45) is -1.23. The molecule has 4 aromatic carbocycles. The van der Waals surface area contributed by atoms with Gasteiger partial charge in [0.05, 0.1) is 22.2 Å². The Labute approximate surface area is 246 Å². The first-order valence-electron chi connectivity index (χ1n) is 13.2. The number of fused-ring (bicyclic) bond motifs is 3. The first-order valence-corrected chi connectivity index (χ1v) is 14.3. The second-order valence-corrected chi connectivity index (χ2v) is 11.4. The van der Waals surface area contributed by atoms with Crippen molar-refractivity contribution in [2.45, 2.75) is 38.7 Å². The highest BCUT2D eigenvalue weighted by Crippen LogP contribution is 2.39. The summed E-state index contributed by atoms with van der Waals surface area (Å²) in [6.45, 7) is 3.89. The van der Waals surface area contributed by atoms with Gasteiger partial charge in [-0.3, -0.25) is 0 Å². The predicted molar refractivity (Wildman–Crippen MR) is 163 cm³/mol. The average molecular weight is 645 g/mol. The fraction of sp³-hybridized carbons (Fsp3) is 0.212. The summed E-state index contributed by atoms with van der Waals surface area (Å²) < 4.78 is 21.5. The van der Waals surface area contributed by atoms with Gasteiger partial charge in [0, 0.05) is 20.8 Å². The normalized spacial score (nSPS) is 18.7. The predicted octanol–water partition coefficient (Wildman–Crippen LogP) is 7.39. The number of esters is 2. The van der Waals surface area contributed by atoms with Gasteiger partial charge in [0.2, 0.25) is 0 Å². The average Bonchev–Trinajstić information content (AvgIpc) is 3.50. The van der Waals surface area contributed by atoms with Crippen LogP contribution in [-0.2, 0) is 14.2 Å². The number of benzene rings is 4. The van der Waals surface area contributed by atoms with Crippen molar-refractivity contribution < 1.29 is 23.8 Å². The number of halogens is 1. The minimum absolute atomic E-state index is 0.0376. The Bertz CT molecular complexity index is 1710. The highest BCUT2D eigenvalue weighted by atomic mass is 127. The molecule has 1 aliphatic rings. The van der Waals surface area contributed by atoms with Crippen molar-refractivity contribution in [1.82, 2.24) is 4.57 Å². The van der Waals surface area contributed by atoms with E-state index in [4.69, 9.17) is 14.2 Å². The van der Waals surface area contributed by atoms with Gasteiger partial charge in [0.1, 0.15) is 25.0 Å². The summed E-state index contributed by atoms with van der Waals surface area (Å²) in [7, 11) is 0. The van der Waals surface area contributed by atoms with Gasteiger partial charge in [-0.25, -0.2) is 9.59 Å². The molecule has 5 aromatic rings. The first kappa shape index (κ1) is 26.5. The Morgan fingerprint density at radius 1 is 0.825 bits per heavy atom. The van der Waals surface area contributed by atoms with Gasteiger partial charge in [-0.2, -0.15) is 0 Å². The van der Waals surface area contributed by atoms with Crippen molar-refractivity contribution >= 4 is 56.3 Å². The Balaban J connectivity index is 1.31. The molecule has 1 saturated heterocycles. The molecule has 1 aliphatic heterocycles. The minimum atomic E-state index is -0.631. The van der Waals surface area contributed by atoms with E-state index in [2.05, 4.69) is 57.5 Å². The van der Waals surface area contributed by atoms with Crippen LogP contribution in [0.2, 0.25) is 0 Å². The third-order valence-electron chi connectivity index (χ3n) is 7.35.